The largest absolute Gasteiger partial charge is 0.480 e. The number of benzene rings is 1. The Labute approximate surface area is 139 Å². The number of carbonyl (C=O) groups excluding carboxylic acids is 1. The molecule has 2 rings (SSSR count). The molecule has 0 aliphatic heterocycles. The number of aromatic nitrogens is 1. The Balaban J connectivity index is 2.18. The van der Waals surface area contributed by atoms with E-state index >= 15 is 0 Å². The molecule has 0 spiro atoms. The van der Waals surface area contributed by atoms with Gasteiger partial charge in [0.1, 0.15) is 11.5 Å². The lowest BCUT2D eigenvalue weighted by molar-refractivity contribution is -0.138. The molecule has 0 aliphatic rings. The number of hydrogen-bond donors (Lipinski definition) is 1. The summed E-state index contributed by atoms with van der Waals surface area (Å²) < 4.78 is 19.7. The van der Waals surface area contributed by atoms with Crippen molar-refractivity contribution in [2.24, 2.45) is 7.05 Å². The predicted octanol–water partition coefficient (Wildman–Crippen LogP) is 2.04. The van der Waals surface area contributed by atoms with Crippen molar-refractivity contribution in [3.8, 4) is 0 Å². The van der Waals surface area contributed by atoms with Crippen LogP contribution in [0.4, 0.5) is 4.39 Å². The van der Waals surface area contributed by atoms with E-state index < -0.39 is 11.9 Å². The molecule has 1 aromatic heterocycles. The molecule has 0 saturated carbocycles. The third kappa shape index (κ3) is 4.42. The van der Waals surface area contributed by atoms with Gasteiger partial charge >= 0.3 is 11.9 Å². The van der Waals surface area contributed by atoms with Crippen molar-refractivity contribution < 1.29 is 23.8 Å². The van der Waals surface area contributed by atoms with E-state index in [9.17, 15) is 14.0 Å². The summed E-state index contributed by atoms with van der Waals surface area (Å²) in [6.45, 7) is 0.383. The van der Waals surface area contributed by atoms with E-state index in [0.29, 0.717) is 17.8 Å². The number of hydrogen-bond acceptors (Lipinski definition) is 4. The quantitative estimate of drug-likeness (QED) is 0.785. The van der Waals surface area contributed by atoms with Crippen LogP contribution in [0.15, 0.2) is 36.4 Å². The molecule has 0 aliphatic carbocycles. The first-order chi connectivity index (χ1) is 11.4. The Hall–Kier alpha value is -2.67. The van der Waals surface area contributed by atoms with Gasteiger partial charge in [0.15, 0.2) is 0 Å². The van der Waals surface area contributed by atoms with Crippen molar-refractivity contribution in [1.82, 2.24) is 9.47 Å². The van der Waals surface area contributed by atoms with Crippen LogP contribution in [0, 0.1) is 5.82 Å². The zero-order valence-electron chi connectivity index (χ0n) is 13.5. The zero-order chi connectivity index (χ0) is 17.7. The number of carboxylic acids is 1. The molecule has 0 saturated heterocycles. The number of halogens is 1. The van der Waals surface area contributed by atoms with Crippen LogP contribution in [0.25, 0.3) is 0 Å². The number of carboxylic acid groups (broad SMARTS) is 1. The summed E-state index contributed by atoms with van der Waals surface area (Å²) in [6, 6.07) is 9.41. The number of methoxy groups -OCH3 is 1. The highest BCUT2D eigenvalue weighted by molar-refractivity contribution is 5.87. The van der Waals surface area contributed by atoms with Crippen molar-refractivity contribution >= 4 is 11.9 Å². The van der Waals surface area contributed by atoms with Gasteiger partial charge in [-0.15, -0.1) is 0 Å². The van der Waals surface area contributed by atoms with Gasteiger partial charge in [-0.3, -0.25) is 9.69 Å². The molecule has 2 aromatic rings. The fourth-order valence-corrected chi connectivity index (χ4v) is 2.50. The van der Waals surface area contributed by atoms with Crippen LogP contribution in [0.1, 0.15) is 21.7 Å². The van der Waals surface area contributed by atoms with E-state index in [1.54, 1.807) is 40.8 Å². The molecular weight excluding hydrogens is 315 g/mol. The van der Waals surface area contributed by atoms with Crippen molar-refractivity contribution in [3.63, 3.8) is 0 Å². The Morgan fingerprint density at radius 3 is 2.62 bits per heavy atom. The van der Waals surface area contributed by atoms with E-state index in [4.69, 9.17) is 9.84 Å². The minimum Gasteiger partial charge on any atom is -0.480 e. The third-order valence-corrected chi connectivity index (χ3v) is 3.66. The summed E-state index contributed by atoms with van der Waals surface area (Å²) in [7, 11) is 3.01. The van der Waals surface area contributed by atoms with Gasteiger partial charge in [-0.25, -0.2) is 9.18 Å². The molecule has 24 heavy (non-hydrogen) atoms. The summed E-state index contributed by atoms with van der Waals surface area (Å²) >= 11 is 0. The van der Waals surface area contributed by atoms with Gasteiger partial charge in [-0.2, -0.15) is 0 Å². The molecule has 0 unspecified atom stereocenters. The summed E-state index contributed by atoms with van der Waals surface area (Å²) in [5, 5.41) is 9.10. The van der Waals surface area contributed by atoms with E-state index in [-0.39, 0.29) is 18.9 Å². The van der Waals surface area contributed by atoms with Gasteiger partial charge in [0.2, 0.25) is 0 Å². The van der Waals surface area contributed by atoms with Crippen LogP contribution >= 0.6 is 0 Å². The second-order valence-corrected chi connectivity index (χ2v) is 5.43. The Morgan fingerprint density at radius 1 is 1.25 bits per heavy atom. The lowest BCUT2D eigenvalue weighted by atomic mass is 10.2. The van der Waals surface area contributed by atoms with E-state index in [1.165, 1.54) is 19.2 Å². The lowest BCUT2D eigenvalue weighted by Gasteiger charge is -2.21. The molecule has 128 valence electrons. The molecule has 0 bridgehead atoms. The molecule has 0 atom stereocenters. The number of nitrogens with zero attached hydrogens (tertiary/aromatic N) is 2. The number of ether oxygens (including phenoxy) is 1. The van der Waals surface area contributed by atoms with E-state index in [1.807, 2.05) is 0 Å². The second kappa shape index (κ2) is 7.74. The fraction of sp³-hybridized carbons (Fsp3) is 0.294. The van der Waals surface area contributed by atoms with Crippen molar-refractivity contribution in [2.45, 2.75) is 13.1 Å². The smallest absolute Gasteiger partial charge is 0.354 e. The predicted molar refractivity (Wildman–Crippen MR) is 84.9 cm³/mol. The van der Waals surface area contributed by atoms with Gasteiger partial charge < -0.3 is 14.4 Å². The van der Waals surface area contributed by atoms with Crippen LogP contribution in [0.3, 0.4) is 0 Å². The van der Waals surface area contributed by atoms with E-state index in [0.717, 1.165) is 5.69 Å². The summed E-state index contributed by atoms with van der Waals surface area (Å²) in [5.41, 5.74) is 1.82. The van der Waals surface area contributed by atoms with Crippen LogP contribution in [0.5, 0.6) is 0 Å². The molecule has 1 N–H and O–H groups in total. The molecule has 0 radical (unpaired) electrons. The molecular formula is C17H19FN2O4. The number of esters is 1. The second-order valence-electron chi connectivity index (χ2n) is 5.43. The van der Waals surface area contributed by atoms with Crippen LogP contribution in [0.2, 0.25) is 0 Å². The van der Waals surface area contributed by atoms with E-state index in [2.05, 4.69) is 0 Å². The highest BCUT2D eigenvalue weighted by Gasteiger charge is 2.17. The minimum atomic E-state index is -0.978. The molecule has 0 fully saturated rings. The number of rotatable bonds is 7. The maximum absolute atomic E-state index is 13.3. The Kier molecular flexibility index (Phi) is 5.70. The average molecular weight is 334 g/mol. The monoisotopic (exact) mass is 334 g/mol. The highest BCUT2D eigenvalue weighted by Crippen LogP contribution is 2.14. The molecule has 0 amide bonds. The molecule has 7 heteroatoms. The normalized spacial score (nSPS) is 10.8. The van der Waals surface area contributed by atoms with Crippen LogP contribution in [-0.2, 0) is 29.7 Å². The first-order valence-electron chi connectivity index (χ1n) is 7.32. The number of carbonyl (C=O) groups is 2. The van der Waals surface area contributed by atoms with Gasteiger partial charge in [0.05, 0.1) is 13.7 Å². The minimum absolute atomic E-state index is 0.199. The maximum Gasteiger partial charge on any atom is 0.354 e. The molecule has 6 nitrogen and oxygen atoms in total. The highest BCUT2D eigenvalue weighted by atomic mass is 19.1. The number of aliphatic carboxylic acids is 1. The van der Waals surface area contributed by atoms with Gasteiger partial charge in [-0.05, 0) is 29.8 Å². The fourth-order valence-electron chi connectivity index (χ4n) is 2.50. The van der Waals surface area contributed by atoms with Gasteiger partial charge in [-0.1, -0.05) is 12.1 Å². The maximum atomic E-state index is 13.3. The molecule has 1 heterocycles. The average Bonchev–Trinajstić information content (AvgIpc) is 2.87. The van der Waals surface area contributed by atoms with Crippen LogP contribution in [-0.4, -0.2) is 40.2 Å². The summed E-state index contributed by atoms with van der Waals surface area (Å²) in [4.78, 5) is 24.4. The van der Waals surface area contributed by atoms with Crippen molar-refractivity contribution in [1.29, 1.82) is 0 Å². The molecule has 1 aromatic carbocycles. The topological polar surface area (TPSA) is 71.8 Å². The SMILES string of the molecule is COC(=O)c1ccc(CN(CC(=O)O)Cc2cccc(F)c2)n1C. The standard InChI is InChI=1S/C17H19FN2O4/c1-19-14(6-7-15(19)17(23)24-2)10-20(11-16(21)22)9-12-4-3-5-13(18)8-12/h3-8H,9-11H2,1-2H3,(H,21,22). The Morgan fingerprint density at radius 2 is 2.00 bits per heavy atom. The van der Waals surface area contributed by atoms with Gasteiger partial charge in [0.25, 0.3) is 0 Å². The van der Waals surface area contributed by atoms with Gasteiger partial charge in [0, 0.05) is 25.8 Å². The summed E-state index contributed by atoms with van der Waals surface area (Å²) in [5.74, 6) is -1.80. The van der Waals surface area contributed by atoms with Crippen molar-refractivity contribution in [2.75, 3.05) is 13.7 Å². The lowest BCUT2D eigenvalue weighted by Crippen LogP contribution is -2.30. The summed E-state index contributed by atoms with van der Waals surface area (Å²) in [6.07, 6.45) is 0. The Bertz CT molecular complexity index is 742. The van der Waals surface area contributed by atoms with Crippen molar-refractivity contribution in [3.05, 3.63) is 59.2 Å². The first kappa shape index (κ1) is 17.7. The first-order valence-corrected chi connectivity index (χ1v) is 7.32. The zero-order valence-corrected chi connectivity index (χ0v) is 13.5. The third-order valence-electron chi connectivity index (χ3n) is 3.66. The van der Waals surface area contributed by atoms with Crippen LogP contribution < -0.4 is 0 Å².